The fourth-order valence-corrected chi connectivity index (χ4v) is 1.79. The quantitative estimate of drug-likeness (QED) is 0.591. The predicted octanol–water partition coefficient (Wildman–Crippen LogP) is 0.683. The second kappa shape index (κ2) is 3.89. The highest BCUT2D eigenvalue weighted by atomic mass is 16.6. The first kappa shape index (κ1) is 11.1. The van der Waals surface area contributed by atoms with Crippen LogP contribution in [0.15, 0.2) is 24.3 Å². The Balaban J connectivity index is 2.46. The third-order valence-electron chi connectivity index (χ3n) is 2.56. The Morgan fingerprint density at radius 2 is 1.76 bits per heavy atom. The highest BCUT2D eigenvalue weighted by molar-refractivity contribution is 5.99. The van der Waals surface area contributed by atoms with E-state index in [9.17, 15) is 14.4 Å². The van der Waals surface area contributed by atoms with Crippen LogP contribution in [0.5, 0.6) is 0 Å². The van der Waals surface area contributed by atoms with Crippen molar-refractivity contribution in [3.05, 3.63) is 35.4 Å². The van der Waals surface area contributed by atoms with Crippen LogP contribution in [0, 0.1) is 5.92 Å². The summed E-state index contributed by atoms with van der Waals surface area (Å²) in [6.45, 7) is 0. The van der Waals surface area contributed by atoms with Crippen LogP contribution in [-0.2, 0) is 14.3 Å². The zero-order valence-corrected chi connectivity index (χ0v) is 8.49. The van der Waals surface area contributed by atoms with Crippen molar-refractivity contribution in [2.45, 2.75) is 6.10 Å². The van der Waals surface area contributed by atoms with Gasteiger partial charge in [0.1, 0.15) is 0 Å². The van der Waals surface area contributed by atoms with Gasteiger partial charge in [-0.2, -0.15) is 0 Å². The molecule has 0 spiro atoms. The van der Waals surface area contributed by atoms with Gasteiger partial charge in [0.15, 0.2) is 12.0 Å². The van der Waals surface area contributed by atoms with E-state index in [2.05, 4.69) is 0 Å². The van der Waals surface area contributed by atoms with Gasteiger partial charge < -0.3 is 14.9 Å². The summed E-state index contributed by atoms with van der Waals surface area (Å²) in [7, 11) is 0. The summed E-state index contributed by atoms with van der Waals surface area (Å²) in [5, 5.41) is 17.7. The minimum atomic E-state index is -1.79. The fraction of sp³-hybridized carbons (Fsp3) is 0.182. The normalized spacial score (nSPS) is 17.7. The van der Waals surface area contributed by atoms with Crippen LogP contribution < -0.4 is 0 Å². The molecule has 2 rings (SSSR count). The number of carboxylic acids is 2. The molecule has 0 aliphatic carbocycles. The van der Waals surface area contributed by atoms with E-state index in [1.54, 1.807) is 12.1 Å². The molecular formula is C11H8O6. The molecule has 2 N–H and O–H groups in total. The van der Waals surface area contributed by atoms with Gasteiger partial charge in [-0.25, -0.2) is 4.79 Å². The number of rotatable bonds is 3. The number of fused-ring (bicyclic) bond motifs is 1. The molecule has 17 heavy (non-hydrogen) atoms. The van der Waals surface area contributed by atoms with Gasteiger partial charge in [-0.3, -0.25) is 9.59 Å². The van der Waals surface area contributed by atoms with E-state index >= 15 is 0 Å². The molecule has 6 nitrogen and oxygen atoms in total. The Hall–Kier alpha value is -2.37. The minimum absolute atomic E-state index is 0.213. The number of benzene rings is 1. The Morgan fingerprint density at radius 1 is 1.18 bits per heavy atom. The van der Waals surface area contributed by atoms with Gasteiger partial charge in [0, 0.05) is 5.56 Å². The molecule has 0 fully saturated rings. The maximum atomic E-state index is 11.4. The number of ether oxygens (including phenoxy) is 1. The summed E-state index contributed by atoms with van der Waals surface area (Å²) in [6, 6.07) is 6.15. The van der Waals surface area contributed by atoms with E-state index < -0.39 is 29.9 Å². The van der Waals surface area contributed by atoms with E-state index in [4.69, 9.17) is 14.9 Å². The molecule has 1 aliphatic heterocycles. The van der Waals surface area contributed by atoms with E-state index in [0.717, 1.165) is 0 Å². The van der Waals surface area contributed by atoms with E-state index in [-0.39, 0.29) is 5.56 Å². The molecule has 0 saturated carbocycles. The molecule has 1 heterocycles. The summed E-state index contributed by atoms with van der Waals surface area (Å²) < 4.78 is 4.82. The van der Waals surface area contributed by atoms with Crippen LogP contribution in [-0.4, -0.2) is 28.1 Å². The smallest absolute Gasteiger partial charge is 0.339 e. The summed E-state index contributed by atoms with van der Waals surface area (Å²) in [5.41, 5.74) is 0.511. The van der Waals surface area contributed by atoms with Crippen molar-refractivity contribution in [2.75, 3.05) is 0 Å². The highest BCUT2D eigenvalue weighted by Crippen LogP contribution is 2.36. The number of carboxylic acid groups (broad SMARTS) is 2. The zero-order chi connectivity index (χ0) is 12.6. The first-order valence-corrected chi connectivity index (χ1v) is 4.78. The molecule has 0 bridgehead atoms. The maximum absolute atomic E-state index is 11.4. The Labute approximate surface area is 95.4 Å². The molecule has 0 saturated heterocycles. The van der Waals surface area contributed by atoms with Crippen LogP contribution in [0.2, 0.25) is 0 Å². The Bertz CT molecular complexity index is 492. The molecular weight excluding hydrogens is 228 g/mol. The fourth-order valence-electron chi connectivity index (χ4n) is 1.79. The number of cyclic esters (lactones) is 1. The van der Waals surface area contributed by atoms with Gasteiger partial charge in [0.2, 0.25) is 0 Å². The highest BCUT2D eigenvalue weighted by Gasteiger charge is 2.44. The van der Waals surface area contributed by atoms with Gasteiger partial charge in [-0.05, 0) is 6.07 Å². The second-order valence-corrected chi connectivity index (χ2v) is 3.57. The topological polar surface area (TPSA) is 101 Å². The van der Waals surface area contributed by atoms with E-state index in [1.807, 2.05) is 0 Å². The molecule has 88 valence electrons. The molecule has 1 aromatic rings. The number of hydrogen-bond acceptors (Lipinski definition) is 4. The van der Waals surface area contributed by atoms with Crippen LogP contribution in [0.25, 0.3) is 0 Å². The predicted molar refractivity (Wildman–Crippen MR) is 53.4 cm³/mol. The van der Waals surface area contributed by atoms with Gasteiger partial charge in [-0.15, -0.1) is 0 Å². The van der Waals surface area contributed by atoms with Gasteiger partial charge >= 0.3 is 17.9 Å². The largest absolute Gasteiger partial charge is 0.480 e. The number of hydrogen-bond donors (Lipinski definition) is 2. The average Bonchev–Trinajstić information content (AvgIpc) is 2.56. The van der Waals surface area contributed by atoms with Gasteiger partial charge in [0.25, 0.3) is 0 Å². The van der Waals surface area contributed by atoms with Crippen molar-refractivity contribution in [2.24, 2.45) is 5.92 Å². The number of carbonyl (C=O) groups is 3. The molecule has 1 unspecified atom stereocenters. The average molecular weight is 236 g/mol. The molecule has 1 aromatic carbocycles. The molecule has 6 heteroatoms. The molecule has 0 aromatic heterocycles. The van der Waals surface area contributed by atoms with Gasteiger partial charge in [-0.1, -0.05) is 18.2 Å². The first-order valence-electron chi connectivity index (χ1n) is 4.78. The Kier molecular flexibility index (Phi) is 2.55. The van der Waals surface area contributed by atoms with E-state index in [0.29, 0.717) is 5.56 Å². The Morgan fingerprint density at radius 3 is 2.35 bits per heavy atom. The lowest BCUT2D eigenvalue weighted by Crippen LogP contribution is -2.30. The molecule has 0 radical (unpaired) electrons. The van der Waals surface area contributed by atoms with Crippen molar-refractivity contribution in [3.8, 4) is 0 Å². The van der Waals surface area contributed by atoms with Crippen LogP contribution in [0.3, 0.4) is 0 Å². The van der Waals surface area contributed by atoms with E-state index in [1.165, 1.54) is 12.1 Å². The number of carbonyl (C=O) groups excluding carboxylic acids is 1. The van der Waals surface area contributed by atoms with Crippen LogP contribution in [0.4, 0.5) is 0 Å². The number of aliphatic carboxylic acids is 2. The van der Waals surface area contributed by atoms with Crippen molar-refractivity contribution < 1.29 is 29.3 Å². The van der Waals surface area contributed by atoms with Crippen LogP contribution in [0.1, 0.15) is 22.0 Å². The summed E-state index contributed by atoms with van der Waals surface area (Å²) in [6.07, 6.45) is -1.27. The first-order chi connectivity index (χ1) is 8.02. The zero-order valence-electron chi connectivity index (χ0n) is 8.49. The number of esters is 1. The molecule has 1 aliphatic rings. The third-order valence-corrected chi connectivity index (χ3v) is 2.56. The SMILES string of the molecule is O=C1OC(C(C(=O)O)C(=O)O)c2ccccc21. The lowest BCUT2D eigenvalue weighted by Gasteiger charge is -2.15. The standard InChI is InChI=1S/C11H8O6/c12-9(13)7(10(14)15)8-5-3-1-2-4-6(5)11(16)17-8/h1-4,7-8H,(H,12,13)(H,14,15). The summed E-state index contributed by atoms with van der Waals surface area (Å²) in [4.78, 5) is 33.2. The maximum Gasteiger partial charge on any atom is 0.339 e. The molecule has 1 atom stereocenters. The lowest BCUT2D eigenvalue weighted by atomic mass is 9.94. The van der Waals surface area contributed by atoms with Crippen LogP contribution >= 0.6 is 0 Å². The summed E-state index contributed by atoms with van der Waals surface area (Å²) in [5.74, 6) is -5.56. The summed E-state index contributed by atoms with van der Waals surface area (Å²) >= 11 is 0. The van der Waals surface area contributed by atoms with Crippen molar-refractivity contribution >= 4 is 17.9 Å². The van der Waals surface area contributed by atoms with Gasteiger partial charge in [0.05, 0.1) is 5.56 Å². The lowest BCUT2D eigenvalue weighted by molar-refractivity contribution is -0.159. The van der Waals surface area contributed by atoms with Crippen molar-refractivity contribution in [1.29, 1.82) is 0 Å². The van der Waals surface area contributed by atoms with Crippen molar-refractivity contribution in [3.63, 3.8) is 0 Å². The van der Waals surface area contributed by atoms with Crippen molar-refractivity contribution in [1.82, 2.24) is 0 Å². The third kappa shape index (κ3) is 1.73. The second-order valence-electron chi connectivity index (χ2n) is 3.57. The minimum Gasteiger partial charge on any atom is -0.480 e. The molecule has 0 amide bonds. The monoisotopic (exact) mass is 236 g/mol.